The van der Waals surface area contributed by atoms with E-state index in [1.165, 1.54) is 13.2 Å². The van der Waals surface area contributed by atoms with Crippen LogP contribution in [0.25, 0.3) is 6.08 Å². The first-order valence-electron chi connectivity index (χ1n) is 8.09. The monoisotopic (exact) mass is 448 g/mol. The van der Waals surface area contributed by atoms with Crippen LogP contribution in [0.4, 0.5) is 5.69 Å². The fourth-order valence-electron chi connectivity index (χ4n) is 2.36. The van der Waals surface area contributed by atoms with Crippen molar-refractivity contribution < 1.29 is 14.3 Å². The van der Waals surface area contributed by atoms with Crippen molar-refractivity contribution in [3.8, 4) is 17.6 Å². The second-order valence-electron chi connectivity index (χ2n) is 5.50. The zero-order chi connectivity index (χ0) is 20.0. The average Bonchev–Trinajstić information content (AvgIpc) is 2.65. The first-order valence-corrected chi connectivity index (χ1v) is 9.27. The number of carbonyl (C=O) groups is 1. The molecule has 0 bridgehead atoms. The molecule has 5 nitrogen and oxygen atoms in total. The molecule has 0 heterocycles. The first-order chi connectivity index (χ1) is 12.9. The number of halogens is 2. The molecule has 2 aromatic carbocycles. The molecule has 2 rings (SSSR count). The molecule has 0 atom stereocenters. The van der Waals surface area contributed by atoms with Crippen molar-refractivity contribution >= 4 is 45.2 Å². The van der Waals surface area contributed by atoms with Crippen LogP contribution in [-0.2, 0) is 4.79 Å². The zero-order valence-electron chi connectivity index (χ0n) is 15.1. The van der Waals surface area contributed by atoms with Gasteiger partial charge in [-0.1, -0.05) is 17.7 Å². The van der Waals surface area contributed by atoms with Crippen molar-refractivity contribution in [2.75, 3.05) is 19.0 Å². The van der Waals surface area contributed by atoms with Gasteiger partial charge in [0.05, 0.1) is 18.2 Å². The quantitative estimate of drug-likeness (QED) is 0.476. The van der Waals surface area contributed by atoms with Gasteiger partial charge < -0.3 is 14.8 Å². The zero-order valence-corrected chi connectivity index (χ0v) is 17.4. The van der Waals surface area contributed by atoms with Gasteiger partial charge in [-0.15, -0.1) is 0 Å². The molecule has 0 aliphatic carbocycles. The fraction of sp³-hybridized carbons (Fsp3) is 0.200. The molecule has 2 aromatic rings. The Bertz CT molecular complexity index is 936. The Morgan fingerprint density at radius 3 is 2.78 bits per heavy atom. The van der Waals surface area contributed by atoms with Crippen LogP contribution in [-0.4, -0.2) is 19.6 Å². The van der Waals surface area contributed by atoms with E-state index < -0.39 is 5.91 Å². The maximum atomic E-state index is 12.5. The summed E-state index contributed by atoms with van der Waals surface area (Å²) in [5, 5.41) is 12.7. The van der Waals surface area contributed by atoms with E-state index in [2.05, 4.69) is 21.2 Å². The number of hydrogen-bond acceptors (Lipinski definition) is 4. The van der Waals surface area contributed by atoms with E-state index in [0.717, 1.165) is 5.56 Å². The lowest BCUT2D eigenvalue weighted by Crippen LogP contribution is -2.14. The van der Waals surface area contributed by atoms with Crippen molar-refractivity contribution in [3.63, 3.8) is 0 Å². The highest BCUT2D eigenvalue weighted by Crippen LogP contribution is 2.37. The summed E-state index contributed by atoms with van der Waals surface area (Å²) >= 11 is 9.50. The fourth-order valence-corrected chi connectivity index (χ4v) is 3.10. The molecule has 1 amide bonds. The molecular weight excluding hydrogens is 432 g/mol. The Hall–Kier alpha value is -2.49. The van der Waals surface area contributed by atoms with Crippen molar-refractivity contribution in [2.24, 2.45) is 0 Å². The van der Waals surface area contributed by atoms with Crippen LogP contribution in [0.1, 0.15) is 18.1 Å². The molecule has 0 aliphatic rings. The van der Waals surface area contributed by atoms with E-state index in [0.29, 0.717) is 38.9 Å². The Balaban J connectivity index is 2.35. The smallest absolute Gasteiger partial charge is 0.266 e. The highest BCUT2D eigenvalue weighted by Gasteiger charge is 2.14. The summed E-state index contributed by atoms with van der Waals surface area (Å²) in [5.41, 5.74) is 1.86. The van der Waals surface area contributed by atoms with Crippen molar-refractivity contribution in [2.45, 2.75) is 13.8 Å². The van der Waals surface area contributed by atoms with Crippen LogP contribution >= 0.6 is 27.5 Å². The predicted octanol–water partition coefficient (Wildman–Crippen LogP) is 5.36. The molecule has 7 heteroatoms. The third-order valence-corrected chi connectivity index (χ3v) is 4.73. The SMILES string of the molecule is CCOc1c(Br)cc(/C=C(\C#N)C(=O)Nc2cccc(Cl)c2C)cc1OC. The molecule has 1 N–H and O–H groups in total. The summed E-state index contributed by atoms with van der Waals surface area (Å²) in [6.45, 7) is 4.15. The minimum Gasteiger partial charge on any atom is -0.493 e. The molecule has 27 heavy (non-hydrogen) atoms. The average molecular weight is 450 g/mol. The summed E-state index contributed by atoms with van der Waals surface area (Å²) in [6.07, 6.45) is 1.48. The van der Waals surface area contributed by atoms with Gasteiger partial charge in [-0.2, -0.15) is 5.26 Å². The van der Waals surface area contributed by atoms with Gasteiger partial charge in [0, 0.05) is 10.7 Å². The minimum atomic E-state index is -0.521. The van der Waals surface area contributed by atoms with Crippen molar-refractivity contribution in [3.05, 3.63) is 56.5 Å². The number of carbonyl (C=O) groups excluding carboxylic acids is 1. The number of methoxy groups -OCH3 is 1. The highest BCUT2D eigenvalue weighted by atomic mass is 79.9. The van der Waals surface area contributed by atoms with Gasteiger partial charge in [0.2, 0.25) is 0 Å². The summed E-state index contributed by atoms with van der Waals surface area (Å²) < 4.78 is 11.5. The van der Waals surface area contributed by atoms with Gasteiger partial charge in [0.1, 0.15) is 11.6 Å². The third-order valence-electron chi connectivity index (χ3n) is 3.73. The number of amides is 1. The highest BCUT2D eigenvalue weighted by molar-refractivity contribution is 9.10. The maximum absolute atomic E-state index is 12.5. The summed E-state index contributed by atoms with van der Waals surface area (Å²) in [5.74, 6) is 0.544. The van der Waals surface area contributed by atoms with Gasteiger partial charge in [-0.3, -0.25) is 4.79 Å². The predicted molar refractivity (Wildman–Crippen MR) is 110 cm³/mol. The molecule has 0 aliphatic heterocycles. The van der Waals surface area contributed by atoms with Gasteiger partial charge in [0.15, 0.2) is 11.5 Å². The maximum Gasteiger partial charge on any atom is 0.266 e. The van der Waals surface area contributed by atoms with E-state index in [-0.39, 0.29) is 5.57 Å². The number of hydrogen-bond donors (Lipinski definition) is 1. The van der Waals surface area contributed by atoms with Crippen LogP contribution in [0.15, 0.2) is 40.4 Å². The molecule has 0 fully saturated rings. The van der Waals surface area contributed by atoms with Gasteiger partial charge in [-0.05, 0) is 71.2 Å². The topological polar surface area (TPSA) is 71.3 Å². The standard InChI is InChI=1S/C20H18BrClN2O3/c1-4-27-19-15(21)9-13(10-18(19)26-3)8-14(11-23)20(25)24-17-7-5-6-16(22)12(17)2/h5-10H,4H2,1-3H3,(H,24,25)/b14-8+. The molecule has 0 spiro atoms. The van der Waals surface area contributed by atoms with E-state index >= 15 is 0 Å². The Kier molecular flexibility index (Phi) is 7.28. The third kappa shape index (κ3) is 5.03. The molecule has 0 radical (unpaired) electrons. The van der Waals surface area contributed by atoms with Gasteiger partial charge in [-0.25, -0.2) is 0 Å². The molecule has 0 unspecified atom stereocenters. The number of ether oxygens (including phenoxy) is 2. The lowest BCUT2D eigenvalue weighted by Gasteiger charge is -2.12. The van der Waals surface area contributed by atoms with Crippen LogP contribution in [0, 0.1) is 18.3 Å². The van der Waals surface area contributed by atoms with E-state index in [4.69, 9.17) is 21.1 Å². The second-order valence-corrected chi connectivity index (χ2v) is 6.76. The van der Waals surface area contributed by atoms with Crippen LogP contribution in [0.5, 0.6) is 11.5 Å². The number of rotatable bonds is 6. The van der Waals surface area contributed by atoms with E-state index in [9.17, 15) is 10.1 Å². The molecule has 140 valence electrons. The number of nitrogens with one attached hydrogen (secondary N) is 1. The molecule has 0 saturated heterocycles. The number of nitrogens with zero attached hydrogens (tertiary/aromatic N) is 1. The van der Waals surface area contributed by atoms with E-state index in [1.54, 1.807) is 37.3 Å². The Morgan fingerprint density at radius 2 is 2.15 bits per heavy atom. The lowest BCUT2D eigenvalue weighted by molar-refractivity contribution is -0.112. The van der Waals surface area contributed by atoms with Gasteiger partial charge in [0.25, 0.3) is 5.91 Å². The van der Waals surface area contributed by atoms with Crippen LogP contribution in [0.2, 0.25) is 5.02 Å². The summed E-state index contributed by atoms with van der Waals surface area (Å²) in [6, 6.07) is 10.6. The largest absolute Gasteiger partial charge is 0.493 e. The summed E-state index contributed by atoms with van der Waals surface area (Å²) in [7, 11) is 1.53. The first kappa shape index (κ1) is 20.8. The Labute approximate surface area is 171 Å². The number of benzene rings is 2. The summed E-state index contributed by atoms with van der Waals surface area (Å²) in [4.78, 5) is 12.5. The normalized spacial score (nSPS) is 10.9. The van der Waals surface area contributed by atoms with E-state index in [1.807, 2.05) is 13.0 Å². The van der Waals surface area contributed by atoms with Crippen molar-refractivity contribution in [1.82, 2.24) is 0 Å². The molecule has 0 aromatic heterocycles. The number of nitriles is 1. The van der Waals surface area contributed by atoms with Gasteiger partial charge >= 0.3 is 0 Å². The lowest BCUT2D eigenvalue weighted by atomic mass is 10.1. The van der Waals surface area contributed by atoms with Crippen LogP contribution in [0.3, 0.4) is 0 Å². The Morgan fingerprint density at radius 1 is 1.41 bits per heavy atom. The second kappa shape index (κ2) is 9.45. The minimum absolute atomic E-state index is 0.0486. The van der Waals surface area contributed by atoms with Crippen LogP contribution < -0.4 is 14.8 Å². The van der Waals surface area contributed by atoms with Crippen molar-refractivity contribution in [1.29, 1.82) is 5.26 Å². The number of anilines is 1. The molecular formula is C20H18BrClN2O3. The molecule has 0 saturated carbocycles.